The third-order valence-corrected chi connectivity index (χ3v) is 1.87. The zero-order valence-electron chi connectivity index (χ0n) is 7.29. The molecule has 0 aliphatic carbocycles. The fourth-order valence-corrected chi connectivity index (χ4v) is 1.30. The molecule has 0 aromatic rings. The van der Waals surface area contributed by atoms with E-state index in [1.54, 1.807) is 6.08 Å². The molecule has 0 aromatic carbocycles. The second kappa shape index (κ2) is 4.26. The molecule has 1 aliphatic rings. The van der Waals surface area contributed by atoms with E-state index in [9.17, 15) is 4.79 Å². The summed E-state index contributed by atoms with van der Waals surface area (Å²) < 4.78 is 10.4. The highest BCUT2D eigenvalue weighted by Gasteiger charge is 2.29. The second-order valence-corrected chi connectivity index (χ2v) is 2.72. The smallest absolute Gasteiger partial charge is 0.306 e. The molecule has 3 heteroatoms. The van der Waals surface area contributed by atoms with E-state index >= 15 is 0 Å². The number of esters is 1. The van der Waals surface area contributed by atoms with Crippen LogP contribution in [0.3, 0.4) is 0 Å². The summed E-state index contributed by atoms with van der Waals surface area (Å²) in [4.78, 5) is 10.8. The number of hydrogen-bond acceptors (Lipinski definition) is 3. The standard InChI is InChI=1S/C9H14O3/c1-3-7(11-4-2)8-5-6-9(10)12-8/h3,7-8H,1,4-6H2,2H3. The van der Waals surface area contributed by atoms with Gasteiger partial charge in [0, 0.05) is 13.0 Å². The van der Waals surface area contributed by atoms with Gasteiger partial charge in [0.2, 0.25) is 0 Å². The number of hydrogen-bond donors (Lipinski definition) is 0. The number of carbonyl (C=O) groups excluding carboxylic acids is 1. The lowest BCUT2D eigenvalue weighted by atomic mass is 10.1. The molecule has 1 rings (SSSR count). The van der Waals surface area contributed by atoms with Crippen LogP contribution in [0.15, 0.2) is 12.7 Å². The first-order chi connectivity index (χ1) is 5.77. The van der Waals surface area contributed by atoms with Gasteiger partial charge in [-0.05, 0) is 13.3 Å². The van der Waals surface area contributed by atoms with Crippen LogP contribution in [0.1, 0.15) is 19.8 Å². The molecule has 1 heterocycles. The third-order valence-electron chi connectivity index (χ3n) is 1.87. The highest BCUT2D eigenvalue weighted by Crippen LogP contribution is 2.19. The Hall–Kier alpha value is -0.830. The Morgan fingerprint density at radius 3 is 3.08 bits per heavy atom. The minimum Gasteiger partial charge on any atom is -0.459 e. The van der Waals surface area contributed by atoms with Crippen molar-refractivity contribution in [2.24, 2.45) is 0 Å². The normalized spacial score (nSPS) is 25.1. The third kappa shape index (κ3) is 2.08. The Balaban J connectivity index is 2.43. The summed E-state index contributed by atoms with van der Waals surface area (Å²) in [6, 6.07) is 0. The van der Waals surface area contributed by atoms with E-state index in [0.29, 0.717) is 13.0 Å². The Kier molecular flexibility index (Phi) is 3.29. The number of ether oxygens (including phenoxy) is 2. The van der Waals surface area contributed by atoms with Crippen molar-refractivity contribution in [1.82, 2.24) is 0 Å². The van der Waals surface area contributed by atoms with Gasteiger partial charge in [-0.3, -0.25) is 4.79 Å². The lowest BCUT2D eigenvalue weighted by Gasteiger charge is -2.18. The van der Waals surface area contributed by atoms with Crippen LogP contribution in [0.5, 0.6) is 0 Å². The monoisotopic (exact) mass is 170 g/mol. The molecule has 0 spiro atoms. The number of rotatable bonds is 4. The van der Waals surface area contributed by atoms with Gasteiger partial charge in [-0.25, -0.2) is 0 Å². The number of carbonyl (C=O) groups is 1. The van der Waals surface area contributed by atoms with E-state index in [4.69, 9.17) is 9.47 Å². The molecule has 12 heavy (non-hydrogen) atoms. The molecule has 68 valence electrons. The Bertz CT molecular complexity index is 177. The molecule has 0 radical (unpaired) electrons. The topological polar surface area (TPSA) is 35.5 Å². The van der Waals surface area contributed by atoms with E-state index < -0.39 is 0 Å². The van der Waals surface area contributed by atoms with Crippen LogP contribution in [0, 0.1) is 0 Å². The Labute approximate surface area is 72.4 Å². The van der Waals surface area contributed by atoms with Gasteiger partial charge in [0.25, 0.3) is 0 Å². The molecule has 1 fully saturated rings. The van der Waals surface area contributed by atoms with Gasteiger partial charge in [0.1, 0.15) is 12.2 Å². The summed E-state index contributed by atoms with van der Waals surface area (Å²) in [7, 11) is 0. The van der Waals surface area contributed by atoms with Gasteiger partial charge in [-0.15, -0.1) is 6.58 Å². The summed E-state index contributed by atoms with van der Waals surface area (Å²) in [5.41, 5.74) is 0. The lowest BCUT2D eigenvalue weighted by Crippen LogP contribution is -2.26. The Morgan fingerprint density at radius 1 is 1.92 bits per heavy atom. The summed E-state index contributed by atoms with van der Waals surface area (Å²) >= 11 is 0. The maximum absolute atomic E-state index is 10.8. The molecule has 1 aliphatic heterocycles. The van der Waals surface area contributed by atoms with E-state index in [2.05, 4.69) is 6.58 Å². The molecule has 0 aromatic heterocycles. The van der Waals surface area contributed by atoms with Crippen molar-refractivity contribution in [1.29, 1.82) is 0 Å². The average molecular weight is 170 g/mol. The van der Waals surface area contributed by atoms with E-state index in [0.717, 1.165) is 6.42 Å². The van der Waals surface area contributed by atoms with Crippen molar-refractivity contribution in [2.75, 3.05) is 6.61 Å². The summed E-state index contributed by atoms with van der Waals surface area (Å²) in [5, 5.41) is 0. The van der Waals surface area contributed by atoms with Crippen molar-refractivity contribution in [3.63, 3.8) is 0 Å². The molecular weight excluding hydrogens is 156 g/mol. The highest BCUT2D eigenvalue weighted by molar-refractivity contribution is 5.71. The van der Waals surface area contributed by atoms with Crippen molar-refractivity contribution >= 4 is 5.97 Å². The predicted octanol–water partition coefficient (Wildman–Crippen LogP) is 1.28. The molecule has 0 bridgehead atoms. The van der Waals surface area contributed by atoms with Crippen molar-refractivity contribution in [3.05, 3.63) is 12.7 Å². The summed E-state index contributed by atoms with van der Waals surface area (Å²) in [5.74, 6) is -0.133. The van der Waals surface area contributed by atoms with Gasteiger partial charge in [0.05, 0.1) is 0 Å². The zero-order valence-corrected chi connectivity index (χ0v) is 7.29. The largest absolute Gasteiger partial charge is 0.459 e. The molecule has 0 N–H and O–H groups in total. The van der Waals surface area contributed by atoms with E-state index in [-0.39, 0.29) is 18.2 Å². The van der Waals surface area contributed by atoms with Crippen molar-refractivity contribution < 1.29 is 14.3 Å². The molecular formula is C9H14O3. The lowest BCUT2D eigenvalue weighted by molar-refractivity contribution is -0.145. The van der Waals surface area contributed by atoms with Gasteiger partial charge in [-0.1, -0.05) is 6.08 Å². The van der Waals surface area contributed by atoms with Gasteiger partial charge >= 0.3 is 5.97 Å². The number of cyclic esters (lactones) is 1. The first-order valence-electron chi connectivity index (χ1n) is 4.21. The summed E-state index contributed by atoms with van der Waals surface area (Å²) in [6.45, 7) is 6.16. The van der Waals surface area contributed by atoms with E-state index in [1.165, 1.54) is 0 Å². The van der Waals surface area contributed by atoms with Crippen LogP contribution in [0.4, 0.5) is 0 Å². The average Bonchev–Trinajstić information content (AvgIpc) is 2.47. The fourth-order valence-electron chi connectivity index (χ4n) is 1.30. The van der Waals surface area contributed by atoms with Crippen LogP contribution in [-0.2, 0) is 14.3 Å². The van der Waals surface area contributed by atoms with Crippen LogP contribution >= 0.6 is 0 Å². The van der Waals surface area contributed by atoms with Crippen LogP contribution in [0.2, 0.25) is 0 Å². The van der Waals surface area contributed by atoms with Gasteiger partial charge in [-0.2, -0.15) is 0 Å². The van der Waals surface area contributed by atoms with Gasteiger partial charge in [0.15, 0.2) is 0 Å². The van der Waals surface area contributed by atoms with E-state index in [1.807, 2.05) is 6.92 Å². The molecule has 0 saturated carbocycles. The fraction of sp³-hybridized carbons (Fsp3) is 0.667. The highest BCUT2D eigenvalue weighted by atomic mass is 16.6. The second-order valence-electron chi connectivity index (χ2n) is 2.72. The first-order valence-corrected chi connectivity index (χ1v) is 4.21. The molecule has 0 amide bonds. The molecule has 2 unspecified atom stereocenters. The molecule has 2 atom stereocenters. The predicted molar refractivity (Wildman–Crippen MR) is 44.7 cm³/mol. The minimum absolute atomic E-state index is 0.116. The summed E-state index contributed by atoms with van der Waals surface area (Å²) in [6.07, 6.45) is 2.68. The zero-order chi connectivity index (χ0) is 8.97. The first kappa shape index (κ1) is 9.26. The van der Waals surface area contributed by atoms with Gasteiger partial charge < -0.3 is 9.47 Å². The van der Waals surface area contributed by atoms with Crippen molar-refractivity contribution in [3.8, 4) is 0 Å². The quantitative estimate of drug-likeness (QED) is 0.471. The maximum atomic E-state index is 10.8. The van der Waals surface area contributed by atoms with Crippen molar-refractivity contribution in [2.45, 2.75) is 32.0 Å². The van der Waals surface area contributed by atoms with Crippen LogP contribution < -0.4 is 0 Å². The minimum atomic E-state index is -0.138. The molecule has 3 nitrogen and oxygen atoms in total. The van der Waals surface area contributed by atoms with Crippen LogP contribution in [0.25, 0.3) is 0 Å². The van der Waals surface area contributed by atoms with Crippen LogP contribution in [-0.4, -0.2) is 24.8 Å². The SMILES string of the molecule is C=CC(OCC)C1CCC(=O)O1. The molecule has 1 saturated heterocycles. The Morgan fingerprint density at radius 2 is 2.67 bits per heavy atom. The maximum Gasteiger partial charge on any atom is 0.306 e.